The summed E-state index contributed by atoms with van der Waals surface area (Å²) in [5, 5.41) is 8.13. The summed E-state index contributed by atoms with van der Waals surface area (Å²) < 4.78 is 2.01. The minimum absolute atomic E-state index is 0.128. The molecule has 1 aliphatic rings. The number of aromatic nitrogens is 2. The number of hydrogen-bond donors (Lipinski definition) is 1. The molecule has 1 N–H and O–H groups in total. The van der Waals surface area contributed by atoms with Crippen molar-refractivity contribution >= 4 is 11.9 Å². The summed E-state index contributed by atoms with van der Waals surface area (Å²) in [6.07, 6.45) is 16.1. The molecule has 4 nitrogen and oxygen atoms in total. The molecular weight excluding hydrogens is 382 g/mol. The van der Waals surface area contributed by atoms with Crippen LogP contribution >= 0.6 is 0 Å². The Bertz CT molecular complexity index is 979. The molecule has 0 saturated carbocycles. The smallest absolute Gasteiger partial charge is 0.140 e. The second-order valence-electron chi connectivity index (χ2n) is 8.13. The largest absolute Gasteiger partial charge is 0.310 e. The van der Waals surface area contributed by atoms with Gasteiger partial charge in [-0.1, -0.05) is 73.7 Å². The van der Waals surface area contributed by atoms with Crippen LogP contribution in [0.1, 0.15) is 49.7 Å². The predicted molar refractivity (Wildman–Crippen MR) is 129 cm³/mol. The van der Waals surface area contributed by atoms with Crippen LogP contribution in [0.2, 0.25) is 0 Å². The van der Waals surface area contributed by atoms with Crippen molar-refractivity contribution < 1.29 is 4.79 Å². The number of rotatable bonds is 10. The summed E-state index contributed by atoms with van der Waals surface area (Å²) in [6.45, 7) is 7.57. The summed E-state index contributed by atoms with van der Waals surface area (Å²) in [5.74, 6) is 0.109. The van der Waals surface area contributed by atoms with Crippen molar-refractivity contribution in [3.8, 4) is 0 Å². The minimum Gasteiger partial charge on any atom is -0.310 e. The number of carbonyl (C=O) groups is 1. The molecule has 31 heavy (non-hydrogen) atoms. The molecule has 4 heteroatoms. The summed E-state index contributed by atoms with van der Waals surface area (Å²) >= 11 is 0. The number of benzene rings is 1. The molecule has 2 aromatic rings. The fraction of sp³-hybridized carbons (Fsp3) is 0.333. The number of carbonyl (C=O) groups excluding carboxylic acids is 1. The molecule has 162 valence electrons. The molecule has 0 bridgehead atoms. The van der Waals surface area contributed by atoms with Crippen molar-refractivity contribution in [3.63, 3.8) is 0 Å². The first kappa shape index (κ1) is 22.7. The van der Waals surface area contributed by atoms with Gasteiger partial charge in [-0.2, -0.15) is 5.10 Å². The normalized spacial score (nSPS) is 15.6. The molecule has 0 aliphatic heterocycles. The van der Waals surface area contributed by atoms with Gasteiger partial charge in [-0.05, 0) is 43.5 Å². The van der Waals surface area contributed by atoms with E-state index >= 15 is 0 Å². The molecule has 0 radical (unpaired) electrons. The van der Waals surface area contributed by atoms with E-state index in [1.807, 2.05) is 42.0 Å². The fourth-order valence-electron chi connectivity index (χ4n) is 3.53. The molecule has 0 fully saturated rings. The number of Topliss-reactive ketones (excluding diaryl/α,β-unsaturated/α-hetero) is 1. The Morgan fingerprint density at radius 1 is 1.23 bits per heavy atom. The number of aryl methyl sites for hydroxylation is 1. The van der Waals surface area contributed by atoms with Crippen LogP contribution in [0.25, 0.3) is 6.08 Å². The van der Waals surface area contributed by atoms with Crippen molar-refractivity contribution in [2.24, 2.45) is 5.92 Å². The van der Waals surface area contributed by atoms with Crippen molar-refractivity contribution in [1.82, 2.24) is 15.1 Å². The Balaban J connectivity index is 1.48. The van der Waals surface area contributed by atoms with Gasteiger partial charge >= 0.3 is 0 Å². The molecule has 0 amide bonds. The zero-order valence-electron chi connectivity index (χ0n) is 18.8. The lowest BCUT2D eigenvalue weighted by molar-refractivity contribution is -0.121. The van der Waals surface area contributed by atoms with E-state index in [1.54, 1.807) is 0 Å². The summed E-state index contributed by atoms with van der Waals surface area (Å²) in [7, 11) is 0. The van der Waals surface area contributed by atoms with Crippen molar-refractivity contribution in [2.45, 2.75) is 46.2 Å². The topological polar surface area (TPSA) is 46.9 Å². The van der Waals surface area contributed by atoms with E-state index in [0.717, 1.165) is 24.4 Å². The van der Waals surface area contributed by atoms with Crippen LogP contribution in [0.3, 0.4) is 0 Å². The van der Waals surface area contributed by atoms with Gasteiger partial charge in [0.2, 0.25) is 0 Å². The zero-order valence-corrected chi connectivity index (χ0v) is 18.8. The second kappa shape index (κ2) is 11.4. The molecule has 3 rings (SSSR count). The Morgan fingerprint density at radius 2 is 2.03 bits per heavy atom. The van der Waals surface area contributed by atoms with Crippen molar-refractivity contribution in [2.75, 3.05) is 6.54 Å². The summed E-state index contributed by atoms with van der Waals surface area (Å²) in [5.41, 5.74) is 4.47. The van der Waals surface area contributed by atoms with E-state index < -0.39 is 0 Å². The molecule has 2 atom stereocenters. The van der Waals surface area contributed by atoms with Crippen molar-refractivity contribution in [3.05, 3.63) is 95.4 Å². The Hall–Kier alpha value is -2.98. The number of allylic oxidation sites excluding steroid dienone is 7. The maximum absolute atomic E-state index is 12.5. The fourth-order valence-corrected chi connectivity index (χ4v) is 3.53. The lowest BCUT2D eigenvalue weighted by Crippen LogP contribution is -2.23. The Kier molecular flexibility index (Phi) is 8.36. The third kappa shape index (κ3) is 7.04. The van der Waals surface area contributed by atoms with Gasteiger partial charge in [-0.3, -0.25) is 9.48 Å². The molecule has 1 heterocycles. The van der Waals surface area contributed by atoms with Crippen LogP contribution in [0, 0.1) is 12.8 Å². The summed E-state index contributed by atoms with van der Waals surface area (Å²) in [6, 6.07) is 12.6. The highest BCUT2D eigenvalue weighted by Gasteiger charge is 2.11. The SMILES string of the molecule is Cc1cc(/C=C/C(C)C(=O)CCN[C@H](C)c2ccccc2)nn1CC1=CC=CCC=C1. The number of nitrogens with one attached hydrogen (secondary N) is 1. The van der Waals surface area contributed by atoms with Crippen LogP contribution in [-0.2, 0) is 11.3 Å². The molecule has 0 saturated heterocycles. The highest BCUT2D eigenvalue weighted by Crippen LogP contribution is 2.14. The van der Waals surface area contributed by atoms with Crippen LogP contribution < -0.4 is 5.32 Å². The quantitative estimate of drug-likeness (QED) is 0.550. The molecule has 1 aromatic carbocycles. The molecule has 0 spiro atoms. The van der Waals surface area contributed by atoms with Gasteiger partial charge in [0, 0.05) is 30.6 Å². The minimum atomic E-state index is -0.128. The third-order valence-corrected chi connectivity index (χ3v) is 5.57. The van der Waals surface area contributed by atoms with Gasteiger partial charge in [0.05, 0.1) is 12.2 Å². The van der Waals surface area contributed by atoms with E-state index in [2.05, 4.69) is 67.7 Å². The highest BCUT2D eigenvalue weighted by molar-refractivity contribution is 5.83. The number of nitrogens with zero attached hydrogens (tertiary/aromatic N) is 2. The molecular formula is C27H33N3O. The first-order valence-electron chi connectivity index (χ1n) is 11.1. The highest BCUT2D eigenvalue weighted by atomic mass is 16.1. The average Bonchev–Trinajstić information content (AvgIpc) is 2.95. The van der Waals surface area contributed by atoms with Crippen LogP contribution in [0.15, 0.2) is 78.4 Å². The Morgan fingerprint density at radius 3 is 2.84 bits per heavy atom. The van der Waals surface area contributed by atoms with E-state index in [0.29, 0.717) is 13.0 Å². The lowest BCUT2D eigenvalue weighted by Gasteiger charge is -2.14. The van der Waals surface area contributed by atoms with E-state index in [1.165, 1.54) is 11.1 Å². The maximum Gasteiger partial charge on any atom is 0.140 e. The Labute approximate surface area is 186 Å². The van der Waals surface area contributed by atoms with E-state index in [9.17, 15) is 4.79 Å². The van der Waals surface area contributed by atoms with E-state index in [-0.39, 0.29) is 17.7 Å². The lowest BCUT2D eigenvalue weighted by atomic mass is 10.0. The van der Waals surface area contributed by atoms with Gasteiger partial charge in [0.15, 0.2) is 0 Å². The van der Waals surface area contributed by atoms with E-state index in [4.69, 9.17) is 5.10 Å². The second-order valence-corrected chi connectivity index (χ2v) is 8.13. The predicted octanol–water partition coefficient (Wildman–Crippen LogP) is 5.59. The average molecular weight is 416 g/mol. The van der Waals surface area contributed by atoms with Gasteiger partial charge in [-0.15, -0.1) is 0 Å². The first-order valence-corrected chi connectivity index (χ1v) is 11.1. The standard InChI is InChI=1S/C27H33N3O/c1-21(27(31)17-18-28-23(3)25-13-9-6-10-14-25)15-16-26-19-22(2)30(29-26)20-24-11-7-4-5-8-12-24/h4,6-16,19,21,23,28H,5,17-18,20H2,1-3H3/b16-15+/t21?,23-/m1/s1. The third-order valence-electron chi connectivity index (χ3n) is 5.57. The first-order chi connectivity index (χ1) is 15.0. The van der Waals surface area contributed by atoms with Crippen LogP contribution in [-0.4, -0.2) is 22.1 Å². The number of hydrogen-bond acceptors (Lipinski definition) is 3. The maximum atomic E-state index is 12.5. The van der Waals surface area contributed by atoms with Gasteiger partial charge in [0.25, 0.3) is 0 Å². The zero-order chi connectivity index (χ0) is 22.1. The van der Waals surface area contributed by atoms with Gasteiger partial charge in [0.1, 0.15) is 5.78 Å². The van der Waals surface area contributed by atoms with Crippen molar-refractivity contribution in [1.29, 1.82) is 0 Å². The summed E-state index contributed by atoms with van der Waals surface area (Å²) in [4.78, 5) is 12.5. The van der Waals surface area contributed by atoms with Gasteiger partial charge < -0.3 is 5.32 Å². The van der Waals surface area contributed by atoms with Crippen LogP contribution in [0.5, 0.6) is 0 Å². The molecule has 1 unspecified atom stereocenters. The molecule has 1 aromatic heterocycles. The number of ketones is 1. The monoisotopic (exact) mass is 415 g/mol. The van der Waals surface area contributed by atoms with Crippen LogP contribution in [0.4, 0.5) is 0 Å². The molecule has 1 aliphatic carbocycles. The van der Waals surface area contributed by atoms with Gasteiger partial charge in [-0.25, -0.2) is 0 Å².